The summed E-state index contributed by atoms with van der Waals surface area (Å²) in [7, 11) is 0. The van der Waals surface area contributed by atoms with Crippen LogP contribution in [0.5, 0.6) is 0 Å². The van der Waals surface area contributed by atoms with E-state index in [9.17, 15) is 0 Å². The van der Waals surface area contributed by atoms with Crippen LogP contribution in [-0.4, -0.2) is 15.0 Å². The molecule has 0 aliphatic carbocycles. The summed E-state index contributed by atoms with van der Waals surface area (Å²) in [5, 5.41) is 0.649. The number of H-pyrrole nitrogens is 2. The first kappa shape index (κ1) is 11.1. The quantitative estimate of drug-likeness (QED) is 0.740. The second-order valence-electron chi connectivity index (χ2n) is 4.12. The second-order valence-corrected chi connectivity index (χ2v) is 4.56. The van der Waals surface area contributed by atoms with Gasteiger partial charge < -0.3 is 9.97 Å². The lowest BCUT2D eigenvalue weighted by Crippen LogP contribution is -2.04. The Hall–Kier alpha value is -2.00. The number of aromatic nitrogens is 3. The summed E-state index contributed by atoms with van der Waals surface area (Å²) in [5.41, 5.74) is 3.29. The number of pyridine rings is 1. The molecule has 0 spiro atoms. The maximum Gasteiger partial charge on any atom is 0.0656 e. The van der Waals surface area contributed by atoms with Crippen LogP contribution in [0.15, 0.2) is 55.1 Å². The fourth-order valence-corrected chi connectivity index (χ4v) is 2.34. The van der Waals surface area contributed by atoms with E-state index in [0.717, 1.165) is 17.0 Å². The molecule has 18 heavy (non-hydrogen) atoms. The van der Waals surface area contributed by atoms with Crippen molar-refractivity contribution in [1.29, 1.82) is 0 Å². The van der Waals surface area contributed by atoms with Crippen molar-refractivity contribution < 1.29 is 0 Å². The molecule has 0 fully saturated rings. The van der Waals surface area contributed by atoms with Crippen LogP contribution < -0.4 is 0 Å². The molecule has 0 unspecified atom stereocenters. The molecule has 3 rings (SSSR count). The molecule has 3 aromatic rings. The zero-order valence-electron chi connectivity index (χ0n) is 9.60. The van der Waals surface area contributed by atoms with Crippen LogP contribution in [0.4, 0.5) is 0 Å². The highest BCUT2D eigenvalue weighted by molar-refractivity contribution is 6.30. The van der Waals surface area contributed by atoms with Crippen molar-refractivity contribution in [3.05, 3.63) is 77.1 Å². The van der Waals surface area contributed by atoms with E-state index in [1.165, 1.54) is 0 Å². The lowest BCUT2D eigenvalue weighted by molar-refractivity contribution is 0.890. The van der Waals surface area contributed by atoms with E-state index in [0.29, 0.717) is 5.02 Å². The summed E-state index contributed by atoms with van der Waals surface area (Å²) in [6, 6.07) is 10.0. The first-order valence-corrected chi connectivity index (χ1v) is 6.09. The summed E-state index contributed by atoms with van der Waals surface area (Å²) in [5.74, 6) is 0.0983. The highest BCUT2D eigenvalue weighted by Crippen LogP contribution is 2.30. The number of aromatic amines is 2. The molecule has 0 saturated heterocycles. The van der Waals surface area contributed by atoms with Gasteiger partial charge in [-0.25, -0.2) is 0 Å². The SMILES string of the molecule is Clc1cncc(C(c2ccc[nH]2)c2ccc[nH]2)c1. The molecule has 90 valence electrons. The van der Waals surface area contributed by atoms with Gasteiger partial charge in [-0.1, -0.05) is 11.6 Å². The van der Waals surface area contributed by atoms with Gasteiger partial charge in [0, 0.05) is 36.2 Å². The first-order valence-electron chi connectivity index (χ1n) is 5.71. The van der Waals surface area contributed by atoms with E-state index < -0.39 is 0 Å². The first-order chi connectivity index (χ1) is 8.84. The van der Waals surface area contributed by atoms with Crippen LogP contribution in [-0.2, 0) is 0 Å². The number of rotatable bonds is 3. The molecule has 0 radical (unpaired) electrons. The summed E-state index contributed by atoms with van der Waals surface area (Å²) in [4.78, 5) is 10.7. The minimum absolute atomic E-state index is 0.0983. The maximum absolute atomic E-state index is 6.03. The second kappa shape index (κ2) is 4.70. The molecule has 0 atom stereocenters. The Morgan fingerprint density at radius 1 is 1.00 bits per heavy atom. The zero-order chi connectivity index (χ0) is 12.4. The maximum atomic E-state index is 6.03. The lowest BCUT2D eigenvalue weighted by Gasteiger charge is -2.15. The van der Waals surface area contributed by atoms with E-state index in [4.69, 9.17) is 11.6 Å². The van der Waals surface area contributed by atoms with Gasteiger partial charge in [0.1, 0.15) is 0 Å². The monoisotopic (exact) mass is 257 g/mol. The van der Waals surface area contributed by atoms with Crippen molar-refractivity contribution in [3.8, 4) is 0 Å². The minimum Gasteiger partial charge on any atom is -0.364 e. The number of halogens is 1. The third-order valence-corrected chi connectivity index (χ3v) is 3.13. The van der Waals surface area contributed by atoms with Gasteiger partial charge in [-0.2, -0.15) is 0 Å². The number of nitrogens with zero attached hydrogens (tertiary/aromatic N) is 1. The number of nitrogens with one attached hydrogen (secondary N) is 2. The Labute approximate surface area is 110 Å². The molecule has 0 bridgehead atoms. The van der Waals surface area contributed by atoms with E-state index >= 15 is 0 Å². The normalized spacial score (nSPS) is 11.0. The highest BCUT2D eigenvalue weighted by atomic mass is 35.5. The van der Waals surface area contributed by atoms with Gasteiger partial charge in [0.25, 0.3) is 0 Å². The number of hydrogen-bond acceptors (Lipinski definition) is 1. The van der Waals surface area contributed by atoms with Crippen molar-refractivity contribution in [2.45, 2.75) is 5.92 Å². The molecule has 2 N–H and O–H groups in total. The summed E-state index contributed by atoms with van der Waals surface area (Å²) < 4.78 is 0. The van der Waals surface area contributed by atoms with Gasteiger partial charge in [-0.15, -0.1) is 0 Å². The molecule has 4 heteroatoms. The topological polar surface area (TPSA) is 44.5 Å². The fourth-order valence-electron chi connectivity index (χ4n) is 2.16. The molecule has 3 aromatic heterocycles. The number of hydrogen-bond donors (Lipinski definition) is 2. The third-order valence-electron chi connectivity index (χ3n) is 2.93. The van der Waals surface area contributed by atoms with Crippen molar-refractivity contribution in [1.82, 2.24) is 15.0 Å². The van der Waals surface area contributed by atoms with E-state index in [1.807, 2.05) is 36.8 Å². The standard InChI is InChI=1S/C14H12ClN3/c15-11-7-10(8-16-9-11)14(12-3-1-5-17-12)13-4-2-6-18-13/h1-9,14,17-18H. The largest absolute Gasteiger partial charge is 0.364 e. The molecular weight excluding hydrogens is 246 g/mol. The molecule has 0 saturated carbocycles. The molecule has 0 aliphatic heterocycles. The lowest BCUT2D eigenvalue weighted by atomic mass is 9.94. The van der Waals surface area contributed by atoms with Crippen molar-refractivity contribution >= 4 is 11.6 Å². The summed E-state index contributed by atoms with van der Waals surface area (Å²) in [6.45, 7) is 0. The van der Waals surface area contributed by atoms with E-state index in [-0.39, 0.29) is 5.92 Å². The Balaban J connectivity index is 2.11. The Kier molecular flexibility index (Phi) is 2.90. The van der Waals surface area contributed by atoms with Crippen LogP contribution >= 0.6 is 11.6 Å². The van der Waals surface area contributed by atoms with Gasteiger partial charge in [0.15, 0.2) is 0 Å². The molecular formula is C14H12ClN3. The van der Waals surface area contributed by atoms with Crippen LogP contribution in [0, 0.1) is 0 Å². The minimum atomic E-state index is 0.0983. The van der Waals surface area contributed by atoms with E-state index in [1.54, 1.807) is 6.20 Å². The third kappa shape index (κ3) is 2.05. The Bertz CT molecular complexity index is 580. The van der Waals surface area contributed by atoms with Crippen molar-refractivity contribution in [2.75, 3.05) is 0 Å². The van der Waals surface area contributed by atoms with Gasteiger partial charge in [0.05, 0.1) is 10.9 Å². The smallest absolute Gasteiger partial charge is 0.0656 e. The summed E-state index contributed by atoms with van der Waals surface area (Å²) >= 11 is 6.03. The predicted molar refractivity (Wildman–Crippen MR) is 71.8 cm³/mol. The van der Waals surface area contributed by atoms with Gasteiger partial charge in [-0.05, 0) is 35.9 Å². The van der Waals surface area contributed by atoms with Gasteiger partial charge >= 0.3 is 0 Å². The zero-order valence-corrected chi connectivity index (χ0v) is 10.4. The molecule has 3 heterocycles. The van der Waals surface area contributed by atoms with Crippen molar-refractivity contribution in [2.24, 2.45) is 0 Å². The Morgan fingerprint density at radius 3 is 2.17 bits per heavy atom. The van der Waals surface area contributed by atoms with E-state index in [2.05, 4.69) is 27.1 Å². The molecule has 0 aliphatic rings. The average molecular weight is 258 g/mol. The molecule has 0 aromatic carbocycles. The highest BCUT2D eigenvalue weighted by Gasteiger charge is 2.18. The average Bonchev–Trinajstić information content (AvgIpc) is 3.02. The van der Waals surface area contributed by atoms with Crippen LogP contribution in [0.25, 0.3) is 0 Å². The predicted octanol–water partition coefficient (Wildman–Crippen LogP) is 3.57. The van der Waals surface area contributed by atoms with Crippen molar-refractivity contribution in [3.63, 3.8) is 0 Å². The Morgan fingerprint density at radius 2 is 1.67 bits per heavy atom. The van der Waals surface area contributed by atoms with Gasteiger partial charge in [0.2, 0.25) is 0 Å². The van der Waals surface area contributed by atoms with Crippen LogP contribution in [0.2, 0.25) is 5.02 Å². The van der Waals surface area contributed by atoms with Crippen LogP contribution in [0.1, 0.15) is 22.9 Å². The summed E-state index contributed by atoms with van der Waals surface area (Å²) in [6.07, 6.45) is 7.33. The fraction of sp³-hybridized carbons (Fsp3) is 0.0714. The molecule has 0 amide bonds. The van der Waals surface area contributed by atoms with Gasteiger partial charge in [-0.3, -0.25) is 4.98 Å². The molecule has 3 nitrogen and oxygen atoms in total. The van der Waals surface area contributed by atoms with Crippen LogP contribution in [0.3, 0.4) is 0 Å².